The van der Waals surface area contributed by atoms with Crippen LogP contribution in [0.4, 0.5) is 0 Å². The number of H-pyrrole nitrogens is 1. The number of piperidine rings is 1. The van der Waals surface area contributed by atoms with Crippen LogP contribution in [0.5, 0.6) is 0 Å². The van der Waals surface area contributed by atoms with Gasteiger partial charge in [0.05, 0.1) is 12.2 Å². The van der Waals surface area contributed by atoms with Gasteiger partial charge in [0.25, 0.3) is 11.5 Å². The maximum atomic E-state index is 12.7. The van der Waals surface area contributed by atoms with Crippen LogP contribution in [0.15, 0.2) is 41.2 Å². The number of hydrogen-bond donors (Lipinski definition) is 2. The van der Waals surface area contributed by atoms with Gasteiger partial charge >= 0.3 is 0 Å². The molecule has 8 heteroatoms. The number of aromatic nitrogens is 3. The van der Waals surface area contributed by atoms with E-state index < -0.39 is 0 Å². The van der Waals surface area contributed by atoms with Gasteiger partial charge in [-0.1, -0.05) is 18.0 Å². The third-order valence-electron chi connectivity index (χ3n) is 5.67. The molecule has 158 valence electrons. The van der Waals surface area contributed by atoms with Crippen LogP contribution in [-0.4, -0.2) is 51.2 Å². The van der Waals surface area contributed by atoms with E-state index in [2.05, 4.69) is 20.3 Å². The van der Waals surface area contributed by atoms with E-state index in [1.165, 1.54) is 4.68 Å². The second kappa shape index (κ2) is 9.02. The highest BCUT2D eigenvalue weighted by Gasteiger charge is 2.23. The second-order valence-electron chi connectivity index (χ2n) is 7.85. The standard InChI is InChI=1S/C22H26ClN5O2/c1-15-5-8-21(29)28(26-15)11-10-27-9-3-2-4-18(27)14-24-22(30)20-13-16-12-17(23)6-7-19(16)25-20/h5-8,12-13,18,25H,2-4,9-11,14H2,1H3,(H,24,30). The number of amides is 1. The third-order valence-corrected chi connectivity index (χ3v) is 5.91. The van der Waals surface area contributed by atoms with Crippen molar-refractivity contribution in [1.29, 1.82) is 0 Å². The van der Waals surface area contributed by atoms with Crippen molar-refractivity contribution in [3.8, 4) is 0 Å². The monoisotopic (exact) mass is 427 g/mol. The Kier molecular flexibility index (Phi) is 6.20. The first kappa shape index (κ1) is 20.6. The van der Waals surface area contributed by atoms with E-state index in [9.17, 15) is 9.59 Å². The number of hydrogen-bond acceptors (Lipinski definition) is 4. The quantitative estimate of drug-likeness (QED) is 0.633. The van der Waals surface area contributed by atoms with Crippen molar-refractivity contribution >= 4 is 28.4 Å². The molecule has 0 saturated carbocycles. The van der Waals surface area contributed by atoms with Crippen molar-refractivity contribution in [2.24, 2.45) is 0 Å². The highest BCUT2D eigenvalue weighted by molar-refractivity contribution is 6.31. The van der Waals surface area contributed by atoms with Crippen LogP contribution >= 0.6 is 11.6 Å². The van der Waals surface area contributed by atoms with Gasteiger partial charge in [-0.25, -0.2) is 4.68 Å². The first-order valence-corrected chi connectivity index (χ1v) is 10.7. The first-order chi connectivity index (χ1) is 14.5. The molecule has 1 amide bonds. The molecular weight excluding hydrogens is 402 g/mol. The van der Waals surface area contributed by atoms with E-state index in [1.54, 1.807) is 18.2 Å². The predicted molar refractivity (Wildman–Crippen MR) is 118 cm³/mol. The molecule has 0 spiro atoms. The van der Waals surface area contributed by atoms with E-state index in [0.29, 0.717) is 23.8 Å². The fourth-order valence-electron chi connectivity index (χ4n) is 4.05. The Hall–Kier alpha value is -2.64. The van der Waals surface area contributed by atoms with E-state index in [-0.39, 0.29) is 17.5 Å². The zero-order valence-electron chi connectivity index (χ0n) is 17.0. The maximum Gasteiger partial charge on any atom is 0.267 e. The molecule has 1 aliphatic rings. The van der Waals surface area contributed by atoms with Gasteiger partial charge < -0.3 is 10.3 Å². The minimum absolute atomic E-state index is 0.0821. The minimum atomic E-state index is -0.121. The molecule has 3 heterocycles. The van der Waals surface area contributed by atoms with Crippen LogP contribution in [0.25, 0.3) is 10.9 Å². The highest BCUT2D eigenvalue weighted by atomic mass is 35.5. The summed E-state index contributed by atoms with van der Waals surface area (Å²) in [5.74, 6) is -0.121. The number of carbonyl (C=O) groups is 1. The van der Waals surface area contributed by atoms with Gasteiger partial charge in [0, 0.05) is 41.1 Å². The lowest BCUT2D eigenvalue weighted by molar-refractivity contribution is 0.0905. The molecule has 2 N–H and O–H groups in total. The second-order valence-corrected chi connectivity index (χ2v) is 8.28. The van der Waals surface area contributed by atoms with Crippen molar-refractivity contribution < 1.29 is 4.79 Å². The Morgan fingerprint density at radius 1 is 1.23 bits per heavy atom. The number of carbonyl (C=O) groups excluding carboxylic acids is 1. The van der Waals surface area contributed by atoms with Crippen molar-refractivity contribution in [3.63, 3.8) is 0 Å². The van der Waals surface area contributed by atoms with Crippen molar-refractivity contribution in [3.05, 3.63) is 63.2 Å². The van der Waals surface area contributed by atoms with Crippen LogP contribution in [-0.2, 0) is 6.54 Å². The normalized spacial score (nSPS) is 17.3. The Morgan fingerprint density at radius 3 is 2.97 bits per heavy atom. The largest absolute Gasteiger partial charge is 0.351 e. The molecule has 1 unspecified atom stereocenters. The van der Waals surface area contributed by atoms with Gasteiger partial charge in [-0.15, -0.1) is 0 Å². The van der Waals surface area contributed by atoms with Crippen molar-refractivity contribution in [1.82, 2.24) is 25.0 Å². The van der Waals surface area contributed by atoms with E-state index >= 15 is 0 Å². The zero-order valence-corrected chi connectivity index (χ0v) is 17.8. The lowest BCUT2D eigenvalue weighted by atomic mass is 10.0. The van der Waals surface area contributed by atoms with Gasteiger partial charge in [0.2, 0.25) is 0 Å². The molecule has 0 radical (unpaired) electrons. The number of nitrogens with zero attached hydrogens (tertiary/aromatic N) is 3. The van der Waals surface area contributed by atoms with Crippen molar-refractivity contribution in [2.45, 2.75) is 38.8 Å². The Labute approximate surface area is 180 Å². The van der Waals surface area contributed by atoms with Crippen LogP contribution in [0, 0.1) is 6.92 Å². The summed E-state index contributed by atoms with van der Waals surface area (Å²) in [5, 5.41) is 8.95. The molecule has 1 fully saturated rings. The van der Waals surface area contributed by atoms with Gasteiger partial charge in [-0.3, -0.25) is 14.5 Å². The lowest BCUT2D eigenvalue weighted by Gasteiger charge is -2.35. The first-order valence-electron chi connectivity index (χ1n) is 10.3. The molecular formula is C22H26ClN5O2. The molecule has 1 saturated heterocycles. The number of halogens is 1. The number of rotatable bonds is 6. The average Bonchev–Trinajstić information content (AvgIpc) is 3.16. The molecule has 1 aliphatic heterocycles. The number of likely N-dealkylation sites (tertiary alicyclic amines) is 1. The number of aryl methyl sites for hydroxylation is 1. The average molecular weight is 428 g/mol. The van der Waals surface area contributed by atoms with Crippen molar-refractivity contribution in [2.75, 3.05) is 19.6 Å². The minimum Gasteiger partial charge on any atom is -0.351 e. The topological polar surface area (TPSA) is 83.0 Å². The number of benzene rings is 1. The number of nitrogens with one attached hydrogen (secondary N) is 2. The summed E-state index contributed by atoms with van der Waals surface area (Å²) in [4.78, 5) is 30.2. The summed E-state index contributed by atoms with van der Waals surface area (Å²) in [6.45, 7) is 4.71. The fourth-order valence-corrected chi connectivity index (χ4v) is 4.23. The van der Waals surface area contributed by atoms with E-state index in [1.807, 2.05) is 25.1 Å². The predicted octanol–water partition coefficient (Wildman–Crippen LogP) is 2.97. The third kappa shape index (κ3) is 4.74. The summed E-state index contributed by atoms with van der Waals surface area (Å²) in [6.07, 6.45) is 3.30. The molecule has 3 aromatic rings. The van der Waals surface area contributed by atoms with Gasteiger partial charge in [0.1, 0.15) is 5.69 Å². The van der Waals surface area contributed by atoms with Gasteiger partial charge in [-0.05, 0) is 56.6 Å². The lowest BCUT2D eigenvalue weighted by Crippen LogP contribution is -2.48. The SMILES string of the molecule is Cc1ccc(=O)n(CCN2CCCCC2CNC(=O)c2cc3cc(Cl)ccc3[nH]2)n1. The van der Waals surface area contributed by atoms with E-state index in [4.69, 9.17) is 11.6 Å². The summed E-state index contributed by atoms with van der Waals surface area (Å²) in [5.41, 5.74) is 2.17. The van der Waals surface area contributed by atoms with Crippen LogP contribution in [0.2, 0.25) is 5.02 Å². The summed E-state index contributed by atoms with van der Waals surface area (Å²) in [6, 6.07) is 10.9. The molecule has 1 atom stereocenters. The summed E-state index contributed by atoms with van der Waals surface area (Å²) < 4.78 is 1.52. The van der Waals surface area contributed by atoms with Gasteiger partial charge in [0.15, 0.2) is 0 Å². The molecule has 30 heavy (non-hydrogen) atoms. The molecule has 2 aromatic heterocycles. The number of fused-ring (bicyclic) bond motifs is 1. The van der Waals surface area contributed by atoms with Crippen LogP contribution < -0.4 is 10.9 Å². The Balaban J connectivity index is 1.37. The van der Waals surface area contributed by atoms with Gasteiger partial charge in [-0.2, -0.15) is 5.10 Å². The Morgan fingerprint density at radius 2 is 2.10 bits per heavy atom. The zero-order chi connectivity index (χ0) is 21.1. The fraction of sp³-hybridized carbons (Fsp3) is 0.409. The molecule has 4 rings (SSSR count). The molecule has 0 aliphatic carbocycles. The van der Waals surface area contributed by atoms with E-state index in [0.717, 1.165) is 48.9 Å². The van der Waals surface area contributed by atoms with Crippen LogP contribution in [0.1, 0.15) is 35.4 Å². The van der Waals surface area contributed by atoms with Crippen LogP contribution in [0.3, 0.4) is 0 Å². The Bertz CT molecular complexity index is 1110. The maximum absolute atomic E-state index is 12.7. The number of aromatic amines is 1. The smallest absolute Gasteiger partial charge is 0.267 e. The molecule has 7 nitrogen and oxygen atoms in total. The highest BCUT2D eigenvalue weighted by Crippen LogP contribution is 2.20. The molecule has 1 aromatic carbocycles. The summed E-state index contributed by atoms with van der Waals surface area (Å²) in [7, 11) is 0. The molecule has 0 bridgehead atoms. The summed E-state index contributed by atoms with van der Waals surface area (Å²) >= 11 is 6.03.